The minimum Gasteiger partial charge on any atom is -0.495 e. The second kappa shape index (κ2) is 15.6. The summed E-state index contributed by atoms with van der Waals surface area (Å²) in [5, 5.41) is -0.212. The van der Waals surface area contributed by atoms with E-state index in [0.717, 1.165) is 28.7 Å². The van der Waals surface area contributed by atoms with Crippen LogP contribution in [0.3, 0.4) is 0 Å². The highest BCUT2D eigenvalue weighted by Crippen LogP contribution is 2.61. The van der Waals surface area contributed by atoms with Crippen molar-refractivity contribution in [1.82, 2.24) is 4.31 Å². The molecule has 11 heteroatoms. The summed E-state index contributed by atoms with van der Waals surface area (Å²) in [6.07, 6.45) is 0.858. The molecule has 0 aliphatic carbocycles. The van der Waals surface area contributed by atoms with Crippen LogP contribution in [-0.4, -0.2) is 33.0 Å². The van der Waals surface area contributed by atoms with Crippen molar-refractivity contribution >= 4 is 30.0 Å². The van der Waals surface area contributed by atoms with Crippen molar-refractivity contribution in [2.75, 3.05) is 20.3 Å². The van der Waals surface area contributed by atoms with Crippen LogP contribution in [0.5, 0.6) is 5.75 Å². The van der Waals surface area contributed by atoms with E-state index in [0.29, 0.717) is 5.56 Å². The van der Waals surface area contributed by atoms with E-state index in [2.05, 4.69) is 13.0 Å². The van der Waals surface area contributed by atoms with Crippen molar-refractivity contribution in [3.05, 3.63) is 118 Å². The van der Waals surface area contributed by atoms with Gasteiger partial charge in [-0.2, -0.15) is 13.1 Å². The fourth-order valence-corrected chi connectivity index (χ4v) is 8.13. The molecule has 0 aliphatic heterocycles. The molecule has 0 unspecified atom stereocenters. The Morgan fingerprint density at radius 1 is 0.822 bits per heavy atom. The molecule has 0 saturated carbocycles. The van der Waals surface area contributed by atoms with E-state index in [1.807, 2.05) is 42.5 Å². The number of sulfonamides is 1. The normalized spacial score (nSPS) is 12.2. The zero-order valence-corrected chi connectivity index (χ0v) is 28.1. The molecule has 0 N–H and O–H groups in total. The molecule has 0 spiro atoms. The molecule has 4 aromatic rings. The van der Waals surface area contributed by atoms with Gasteiger partial charge >= 0.3 is 5.66 Å². The van der Waals surface area contributed by atoms with Gasteiger partial charge in [0.25, 0.3) is 8.38 Å². The molecular weight excluding hydrogens is 639 g/mol. The number of ether oxygens (including phenoxy) is 1. The van der Waals surface area contributed by atoms with Crippen molar-refractivity contribution in [3.63, 3.8) is 0 Å². The van der Waals surface area contributed by atoms with Gasteiger partial charge < -0.3 is 13.8 Å². The van der Waals surface area contributed by atoms with Crippen molar-refractivity contribution < 1.29 is 31.0 Å². The molecule has 0 fully saturated rings. The monoisotopic (exact) mass is 675 g/mol. The van der Waals surface area contributed by atoms with E-state index in [1.54, 1.807) is 32.0 Å². The highest BCUT2D eigenvalue weighted by molar-refractivity contribution is 7.89. The SMILES string of the molecule is CCOP(OCC)C(F)(F)c1ccc(CN(Cc2ccccc2-c2cccc(CC)c2)S(=O)(=O)c2ccccc2OC)cc1Cl. The molecule has 4 rings (SSSR count). The lowest BCUT2D eigenvalue weighted by atomic mass is 9.97. The second-order valence-corrected chi connectivity index (χ2v) is 14.0. The summed E-state index contributed by atoms with van der Waals surface area (Å²) in [5.74, 6) is 0.194. The number of para-hydroxylation sites is 1. The number of benzene rings is 4. The summed E-state index contributed by atoms with van der Waals surface area (Å²) < 4.78 is 76.7. The number of hydrogen-bond donors (Lipinski definition) is 0. The Morgan fingerprint density at radius 3 is 2.18 bits per heavy atom. The molecule has 45 heavy (non-hydrogen) atoms. The smallest absolute Gasteiger partial charge is 0.341 e. The predicted octanol–water partition coefficient (Wildman–Crippen LogP) is 9.40. The van der Waals surface area contributed by atoms with Crippen LogP contribution in [0.4, 0.5) is 8.78 Å². The maximum Gasteiger partial charge on any atom is 0.341 e. The van der Waals surface area contributed by atoms with Crippen LogP contribution in [0, 0.1) is 0 Å². The Hall–Kier alpha value is -2.91. The first kappa shape index (κ1) is 35.0. The van der Waals surface area contributed by atoms with Gasteiger partial charge in [-0.05, 0) is 66.3 Å². The number of nitrogens with zero attached hydrogens (tertiary/aromatic N) is 1. The van der Waals surface area contributed by atoms with Gasteiger partial charge in [-0.25, -0.2) is 8.42 Å². The molecule has 0 heterocycles. The maximum absolute atomic E-state index is 15.5. The number of aryl methyl sites for hydroxylation is 1. The first-order chi connectivity index (χ1) is 21.6. The summed E-state index contributed by atoms with van der Waals surface area (Å²) >= 11 is 6.45. The lowest BCUT2D eigenvalue weighted by Crippen LogP contribution is -2.31. The molecule has 0 radical (unpaired) electrons. The topological polar surface area (TPSA) is 65.1 Å². The quantitative estimate of drug-likeness (QED) is 0.118. The average molecular weight is 676 g/mol. The fraction of sp³-hybridized carbons (Fsp3) is 0.294. The van der Waals surface area contributed by atoms with Crippen LogP contribution in [-0.2, 0) is 44.2 Å². The number of alkyl halides is 2. The lowest BCUT2D eigenvalue weighted by Gasteiger charge is -2.27. The third-order valence-electron chi connectivity index (χ3n) is 7.14. The molecule has 6 nitrogen and oxygen atoms in total. The average Bonchev–Trinajstić information content (AvgIpc) is 3.04. The van der Waals surface area contributed by atoms with Gasteiger partial charge in [0.2, 0.25) is 10.0 Å². The van der Waals surface area contributed by atoms with E-state index >= 15 is 8.78 Å². The van der Waals surface area contributed by atoms with E-state index in [-0.39, 0.29) is 42.0 Å². The number of halogens is 3. The minimum absolute atomic E-state index is 0.00240. The summed E-state index contributed by atoms with van der Waals surface area (Å²) in [7, 11) is -5.32. The molecule has 0 atom stereocenters. The van der Waals surface area contributed by atoms with Crippen LogP contribution < -0.4 is 4.74 Å². The maximum atomic E-state index is 15.5. The molecular formula is C34H37ClF2NO5PS. The van der Waals surface area contributed by atoms with Gasteiger partial charge in [0.05, 0.1) is 25.3 Å². The Morgan fingerprint density at radius 2 is 1.51 bits per heavy atom. The lowest BCUT2D eigenvalue weighted by molar-refractivity contribution is 0.0571. The van der Waals surface area contributed by atoms with E-state index < -0.39 is 29.6 Å². The van der Waals surface area contributed by atoms with E-state index in [9.17, 15) is 8.42 Å². The van der Waals surface area contributed by atoms with Crippen LogP contribution in [0.25, 0.3) is 11.1 Å². The number of rotatable bonds is 15. The van der Waals surface area contributed by atoms with Gasteiger partial charge in [0.1, 0.15) is 10.6 Å². The molecule has 4 aromatic carbocycles. The second-order valence-electron chi connectivity index (χ2n) is 10.1. The van der Waals surface area contributed by atoms with Gasteiger partial charge in [-0.15, -0.1) is 0 Å². The van der Waals surface area contributed by atoms with Gasteiger partial charge in [0.15, 0.2) is 0 Å². The van der Waals surface area contributed by atoms with Crippen LogP contribution in [0.1, 0.15) is 43.0 Å². The van der Waals surface area contributed by atoms with Crippen LogP contribution >= 0.6 is 20.0 Å². The minimum atomic E-state index is -4.15. The Bertz CT molecular complexity index is 1700. The van der Waals surface area contributed by atoms with Crippen LogP contribution in [0.2, 0.25) is 5.02 Å². The zero-order valence-electron chi connectivity index (χ0n) is 25.7. The van der Waals surface area contributed by atoms with Crippen molar-refractivity contribution in [3.8, 4) is 16.9 Å². The van der Waals surface area contributed by atoms with Crippen molar-refractivity contribution in [2.24, 2.45) is 0 Å². The van der Waals surface area contributed by atoms with Gasteiger partial charge in [-0.3, -0.25) is 0 Å². The summed E-state index contributed by atoms with van der Waals surface area (Å²) in [4.78, 5) is -0.00807. The Labute approximate surface area is 270 Å². The van der Waals surface area contributed by atoms with E-state index in [1.165, 1.54) is 35.7 Å². The van der Waals surface area contributed by atoms with E-state index in [4.69, 9.17) is 25.4 Å². The molecule has 0 aromatic heterocycles. The Kier molecular flexibility index (Phi) is 12.1. The molecule has 0 aliphatic rings. The molecule has 0 saturated heterocycles. The third kappa shape index (κ3) is 8.09. The predicted molar refractivity (Wildman–Crippen MR) is 176 cm³/mol. The molecule has 0 amide bonds. The first-order valence-electron chi connectivity index (χ1n) is 14.6. The summed E-state index contributed by atoms with van der Waals surface area (Å²) in [6.45, 7) is 5.28. The molecule has 0 bridgehead atoms. The Balaban J connectivity index is 1.77. The van der Waals surface area contributed by atoms with Gasteiger partial charge in [0, 0.05) is 18.7 Å². The number of hydrogen-bond acceptors (Lipinski definition) is 5. The van der Waals surface area contributed by atoms with Crippen LogP contribution in [0.15, 0.2) is 95.9 Å². The third-order valence-corrected chi connectivity index (χ3v) is 11.0. The zero-order chi connectivity index (χ0) is 32.6. The van der Waals surface area contributed by atoms with Crippen molar-refractivity contribution in [2.45, 2.75) is 50.8 Å². The highest BCUT2D eigenvalue weighted by atomic mass is 35.5. The highest BCUT2D eigenvalue weighted by Gasteiger charge is 2.46. The standard InChI is InChI=1S/C34H37ClF2NO5PS/c1-5-25-13-12-15-27(21-25)29-16-9-8-14-28(29)24-38(45(39,40)33-18-11-10-17-32(33)41-4)23-26-19-20-30(31(35)22-26)34(36,37)44(42-6-2)43-7-3/h8-22H,5-7,23-24H2,1-4H3. The largest absolute Gasteiger partial charge is 0.495 e. The fourth-order valence-electron chi connectivity index (χ4n) is 4.92. The van der Waals surface area contributed by atoms with Crippen molar-refractivity contribution in [1.29, 1.82) is 0 Å². The summed E-state index contributed by atoms with van der Waals surface area (Å²) in [5.41, 5.74) is 0.297. The number of methoxy groups -OCH3 is 1. The molecule has 240 valence electrons. The first-order valence-corrected chi connectivity index (χ1v) is 17.6. The summed E-state index contributed by atoms with van der Waals surface area (Å²) in [6, 6.07) is 26.2. The van der Waals surface area contributed by atoms with Gasteiger partial charge in [-0.1, -0.05) is 91.3 Å².